The van der Waals surface area contributed by atoms with Gasteiger partial charge in [0.15, 0.2) is 11.5 Å². The quantitative estimate of drug-likeness (QED) is 0.524. The van der Waals surface area contributed by atoms with Gasteiger partial charge in [-0.1, -0.05) is 19.9 Å². The number of nitrogens with one attached hydrogen (secondary N) is 1. The minimum absolute atomic E-state index is 0.0840. The first kappa shape index (κ1) is 20.4. The molecule has 0 radical (unpaired) electrons. The number of nitrogens with zero attached hydrogens (tertiary/aromatic N) is 3. The van der Waals surface area contributed by atoms with Crippen molar-refractivity contribution in [2.45, 2.75) is 26.7 Å². The van der Waals surface area contributed by atoms with Gasteiger partial charge in [0.25, 0.3) is 5.56 Å². The zero-order valence-corrected chi connectivity index (χ0v) is 16.9. The van der Waals surface area contributed by atoms with Crippen LogP contribution < -0.4 is 11.2 Å². The molecule has 0 bridgehead atoms. The SMILES string of the molecule is Cc1ccnc(C(C)C)c1-n1c(=O)[nH]c(=O)c2cc(F)c(-c3c(O)cccc3F)nc21. The summed E-state index contributed by atoms with van der Waals surface area (Å²) in [5, 5.41) is 9.91. The first-order chi connectivity index (χ1) is 14.7. The average molecular weight is 424 g/mol. The van der Waals surface area contributed by atoms with E-state index < -0.39 is 39.9 Å². The summed E-state index contributed by atoms with van der Waals surface area (Å²) < 4.78 is 30.4. The van der Waals surface area contributed by atoms with E-state index in [1.807, 2.05) is 13.8 Å². The molecule has 0 aliphatic heterocycles. The van der Waals surface area contributed by atoms with Gasteiger partial charge in [-0.3, -0.25) is 14.8 Å². The summed E-state index contributed by atoms with van der Waals surface area (Å²) in [7, 11) is 0. The van der Waals surface area contributed by atoms with E-state index in [2.05, 4.69) is 15.0 Å². The van der Waals surface area contributed by atoms with Crippen LogP contribution in [-0.2, 0) is 0 Å². The predicted octanol–water partition coefficient (Wildman–Crippen LogP) is 3.55. The van der Waals surface area contributed by atoms with Crippen LogP contribution in [0.5, 0.6) is 5.75 Å². The van der Waals surface area contributed by atoms with Crippen LogP contribution >= 0.6 is 0 Å². The van der Waals surface area contributed by atoms with Crippen LogP contribution in [-0.4, -0.2) is 24.6 Å². The minimum atomic E-state index is -1.02. The maximum Gasteiger partial charge on any atom is 0.334 e. The van der Waals surface area contributed by atoms with Crippen molar-refractivity contribution in [3.05, 3.63) is 80.3 Å². The van der Waals surface area contributed by atoms with Gasteiger partial charge in [0.05, 0.1) is 22.3 Å². The first-order valence-electron chi connectivity index (χ1n) is 9.50. The molecule has 0 fully saturated rings. The fourth-order valence-electron chi connectivity index (χ4n) is 3.55. The number of aromatic nitrogens is 4. The Bertz CT molecular complexity index is 1440. The third-order valence-electron chi connectivity index (χ3n) is 4.99. The number of phenols is 1. The summed E-state index contributed by atoms with van der Waals surface area (Å²) in [6.07, 6.45) is 1.60. The van der Waals surface area contributed by atoms with Crippen molar-refractivity contribution in [2.75, 3.05) is 0 Å². The van der Waals surface area contributed by atoms with E-state index in [-0.39, 0.29) is 17.0 Å². The fraction of sp³-hybridized carbons (Fsp3) is 0.182. The molecule has 0 atom stereocenters. The second-order valence-corrected chi connectivity index (χ2v) is 7.44. The maximum atomic E-state index is 14.9. The Kier molecular flexibility index (Phi) is 4.88. The van der Waals surface area contributed by atoms with E-state index in [9.17, 15) is 23.5 Å². The predicted molar refractivity (Wildman–Crippen MR) is 112 cm³/mol. The third kappa shape index (κ3) is 3.27. The number of aryl methyl sites for hydroxylation is 1. The zero-order valence-electron chi connectivity index (χ0n) is 16.9. The Labute approximate surface area is 174 Å². The summed E-state index contributed by atoms with van der Waals surface area (Å²) in [5.74, 6) is -2.52. The van der Waals surface area contributed by atoms with Gasteiger partial charge in [-0.15, -0.1) is 0 Å². The van der Waals surface area contributed by atoms with Gasteiger partial charge in [-0.25, -0.2) is 23.1 Å². The number of rotatable bonds is 3. The average Bonchev–Trinajstić information content (AvgIpc) is 2.69. The van der Waals surface area contributed by atoms with E-state index in [1.54, 1.807) is 19.2 Å². The highest BCUT2D eigenvalue weighted by molar-refractivity contribution is 5.81. The van der Waals surface area contributed by atoms with Crippen molar-refractivity contribution in [2.24, 2.45) is 0 Å². The molecule has 0 aliphatic carbocycles. The lowest BCUT2D eigenvalue weighted by molar-refractivity contribution is 0.470. The molecule has 158 valence electrons. The Hall–Kier alpha value is -3.88. The van der Waals surface area contributed by atoms with Gasteiger partial charge in [0.1, 0.15) is 17.3 Å². The van der Waals surface area contributed by atoms with E-state index in [4.69, 9.17) is 0 Å². The Morgan fingerprint density at radius 1 is 1.13 bits per heavy atom. The molecule has 31 heavy (non-hydrogen) atoms. The van der Waals surface area contributed by atoms with E-state index in [0.29, 0.717) is 16.9 Å². The molecule has 0 spiro atoms. The summed E-state index contributed by atoms with van der Waals surface area (Å²) in [4.78, 5) is 36.0. The monoisotopic (exact) mass is 424 g/mol. The Morgan fingerprint density at radius 3 is 2.55 bits per heavy atom. The summed E-state index contributed by atoms with van der Waals surface area (Å²) in [6.45, 7) is 5.54. The number of halogens is 2. The number of fused-ring (bicyclic) bond motifs is 1. The number of hydrogen-bond donors (Lipinski definition) is 2. The van der Waals surface area contributed by atoms with Crippen LogP contribution in [0, 0.1) is 18.6 Å². The molecule has 2 N–H and O–H groups in total. The van der Waals surface area contributed by atoms with Gasteiger partial charge < -0.3 is 5.11 Å². The van der Waals surface area contributed by atoms with Crippen LogP contribution in [0.3, 0.4) is 0 Å². The summed E-state index contributed by atoms with van der Waals surface area (Å²) in [5.41, 5.74) is -1.15. The summed E-state index contributed by atoms with van der Waals surface area (Å²) >= 11 is 0. The van der Waals surface area contributed by atoms with Crippen LogP contribution in [0.25, 0.3) is 28.0 Å². The van der Waals surface area contributed by atoms with Crippen molar-refractivity contribution < 1.29 is 13.9 Å². The number of H-pyrrole nitrogens is 1. The number of phenolic OH excluding ortho intramolecular Hbond substituents is 1. The zero-order chi connectivity index (χ0) is 22.4. The molecular weight excluding hydrogens is 406 g/mol. The van der Waals surface area contributed by atoms with Crippen molar-refractivity contribution in [3.63, 3.8) is 0 Å². The number of pyridine rings is 2. The van der Waals surface area contributed by atoms with Gasteiger partial charge in [0.2, 0.25) is 0 Å². The van der Waals surface area contributed by atoms with Gasteiger partial charge in [0, 0.05) is 6.20 Å². The molecule has 0 saturated carbocycles. The van der Waals surface area contributed by atoms with Gasteiger partial charge >= 0.3 is 5.69 Å². The molecule has 3 heterocycles. The molecule has 1 aromatic carbocycles. The number of hydrogen-bond acceptors (Lipinski definition) is 5. The molecule has 4 rings (SSSR count). The van der Waals surface area contributed by atoms with Crippen LogP contribution in [0.4, 0.5) is 8.78 Å². The highest BCUT2D eigenvalue weighted by Crippen LogP contribution is 2.33. The molecule has 9 heteroatoms. The highest BCUT2D eigenvalue weighted by atomic mass is 19.1. The van der Waals surface area contributed by atoms with E-state index in [0.717, 1.165) is 16.7 Å². The van der Waals surface area contributed by atoms with Crippen molar-refractivity contribution in [1.29, 1.82) is 0 Å². The van der Waals surface area contributed by atoms with Crippen molar-refractivity contribution in [3.8, 4) is 22.7 Å². The fourth-order valence-corrected chi connectivity index (χ4v) is 3.55. The maximum absolute atomic E-state index is 14.9. The van der Waals surface area contributed by atoms with E-state index >= 15 is 0 Å². The van der Waals surface area contributed by atoms with Crippen molar-refractivity contribution in [1.82, 2.24) is 19.5 Å². The number of aromatic amines is 1. The van der Waals surface area contributed by atoms with E-state index in [1.165, 1.54) is 12.1 Å². The number of aromatic hydroxyl groups is 1. The largest absolute Gasteiger partial charge is 0.507 e. The molecule has 4 aromatic rings. The molecule has 3 aromatic heterocycles. The second kappa shape index (κ2) is 7.42. The summed E-state index contributed by atoms with van der Waals surface area (Å²) in [6, 6.07) is 6.07. The molecule has 0 unspecified atom stereocenters. The highest BCUT2D eigenvalue weighted by Gasteiger charge is 2.23. The lowest BCUT2D eigenvalue weighted by Gasteiger charge is -2.18. The topological polar surface area (TPSA) is 101 Å². The first-order valence-corrected chi connectivity index (χ1v) is 9.50. The normalized spacial score (nSPS) is 11.4. The molecular formula is C22H18F2N4O3. The smallest absolute Gasteiger partial charge is 0.334 e. The van der Waals surface area contributed by atoms with Crippen molar-refractivity contribution >= 4 is 11.0 Å². The molecule has 0 aliphatic rings. The minimum Gasteiger partial charge on any atom is -0.507 e. The van der Waals surface area contributed by atoms with Gasteiger partial charge in [-0.05, 0) is 42.7 Å². The molecule has 7 nitrogen and oxygen atoms in total. The van der Waals surface area contributed by atoms with Gasteiger partial charge in [-0.2, -0.15) is 0 Å². The number of benzene rings is 1. The Balaban J connectivity index is 2.20. The van der Waals surface area contributed by atoms with Crippen LogP contribution in [0.1, 0.15) is 31.0 Å². The third-order valence-corrected chi connectivity index (χ3v) is 4.99. The second-order valence-electron chi connectivity index (χ2n) is 7.44. The molecule has 0 amide bonds. The Morgan fingerprint density at radius 2 is 1.87 bits per heavy atom. The lowest BCUT2D eigenvalue weighted by atomic mass is 10.0. The van der Waals surface area contributed by atoms with Crippen LogP contribution in [0.2, 0.25) is 0 Å². The van der Waals surface area contributed by atoms with Crippen LogP contribution in [0.15, 0.2) is 46.1 Å². The molecule has 0 saturated heterocycles. The lowest BCUT2D eigenvalue weighted by Crippen LogP contribution is -2.31. The standard InChI is InChI=1S/C22H18F2N4O3/c1-10(2)17-19(11(3)7-8-25-17)28-20-12(21(30)27-22(28)31)9-14(24)18(26-20)16-13(23)5-4-6-15(16)29/h4-10,29H,1-3H3,(H,27,30,31).